The maximum atomic E-state index is 12.8. The topological polar surface area (TPSA) is 78.1 Å². The number of nitrogens with zero attached hydrogens (tertiary/aromatic N) is 2. The third kappa shape index (κ3) is 3.16. The summed E-state index contributed by atoms with van der Waals surface area (Å²) >= 11 is 5.71. The van der Waals surface area contributed by atoms with E-state index < -0.39 is 28.5 Å². The Balaban J connectivity index is 1.57. The van der Waals surface area contributed by atoms with E-state index >= 15 is 0 Å². The molecule has 2 amide bonds. The summed E-state index contributed by atoms with van der Waals surface area (Å²) in [6.45, 7) is 0. The van der Waals surface area contributed by atoms with E-state index in [2.05, 4.69) is 15.3 Å². The lowest BCUT2D eigenvalue weighted by molar-refractivity contribution is -0.137. The van der Waals surface area contributed by atoms with Gasteiger partial charge in [0.25, 0.3) is 0 Å². The highest BCUT2D eigenvalue weighted by Gasteiger charge is 2.43. The molecule has 2 aliphatic heterocycles. The molecular weight excluding hydrogens is 385 g/mol. The molecule has 4 rings (SSSR count). The number of carbonyl (C=O) groups excluding carboxylic acids is 1. The first-order chi connectivity index (χ1) is 12.7. The Bertz CT molecular complexity index is 975. The molecule has 27 heavy (non-hydrogen) atoms. The van der Waals surface area contributed by atoms with Crippen molar-refractivity contribution in [2.75, 3.05) is 5.32 Å². The minimum absolute atomic E-state index is 0.0922. The number of anilines is 1. The van der Waals surface area contributed by atoms with Crippen LogP contribution in [0.15, 0.2) is 29.2 Å². The summed E-state index contributed by atoms with van der Waals surface area (Å²) in [7, 11) is 0. The van der Waals surface area contributed by atoms with Crippen molar-refractivity contribution >= 4 is 23.3 Å². The number of hydrogen-bond donors (Lipinski definition) is 2. The highest BCUT2D eigenvalue weighted by Crippen LogP contribution is 2.43. The van der Waals surface area contributed by atoms with Crippen molar-refractivity contribution in [3.8, 4) is 0 Å². The van der Waals surface area contributed by atoms with E-state index in [1.807, 2.05) is 0 Å². The number of benzene rings is 1. The molecule has 2 aliphatic rings. The fourth-order valence-electron chi connectivity index (χ4n) is 3.84. The van der Waals surface area contributed by atoms with Gasteiger partial charge in [0, 0.05) is 35.6 Å². The van der Waals surface area contributed by atoms with E-state index in [1.54, 1.807) is 4.90 Å². The summed E-state index contributed by atoms with van der Waals surface area (Å²) in [5.41, 5.74) is 0.380. The van der Waals surface area contributed by atoms with Crippen LogP contribution in [0.25, 0.3) is 0 Å². The monoisotopic (exact) mass is 398 g/mol. The molecule has 3 heterocycles. The van der Waals surface area contributed by atoms with Crippen LogP contribution in [0, 0.1) is 0 Å². The van der Waals surface area contributed by atoms with Crippen LogP contribution in [-0.2, 0) is 12.6 Å². The number of urea groups is 1. The van der Waals surface area contributed by atoms with E-state index in [4.69, 9.17) is 11.6 Å². The molecule has 1 aromatic heterocycles. The zero-order valence-electron chi connectivity index (χ0n) is 13.8. The van der Waals surface area contributed by atoms with Crippen molar-refractivity contribution in [1.29, 1.82) is 0 Å². The fraction of sp³-hybridized carbons (Fsp3) is 0.353. The Morgan fingerprint density at radius 3 is 2.81 bits per heavy atom. The number of amides is 2. The third-order valence-electron chi connectivity index (χ3n) is 4.99. The summed E-state index contributed by atoms with van der Waals surface area (Å²) in [5, 5.41) is 2.14. The third-order valence-corrected chi connectivity index (χ3v) is 5.30. The zero-order chi connectivity index (χ0) is 19.3. The molecule has 0 spiro atoms. The van der Waals surface area contributed by atoms with Crippen molar-refractivity contribution < 1.29 is 18.0 Å². The standard InChI is InChI=1S/C17H14ClF3N4O2/c18-12-5-8(1-3-11(12)17(19,20)21)23-16(27)25-9-2-4-14(25)10-7-22-15(26)24-13(10)6-9/h1,3,5,7,9,14H,2,4,6H2,(H,23,27)(H,22,24,26). The second-order valence-corrected chi connectivity index (χ2v) is 7.01. The van der Waals surface area contributed by atoms with Crippen molar-refractivity contribution in [2.24, 2.45) is 0 Å². The molecule has 6 nitrogen and oxygen atoms in total. The second-order valence-electron chi connectivity index (χ2n) is 6.60. The lowest BCUT2D eigenvalue weighted by Gasteiger charge is -2.35. The maximum absolute atomic E-state index is 12.8. The molecule has 2 atom stereocenters. The fourth-order valence-corrected chi connectivity index (χ4v) is 4.13. The molecule has 2 aromatic rings. The first-order valence-corrected chi connectivity index (χ1v) is 8.66. The number of rotatable bonds is 1. The summed E-state index contributed by atoms with van der Waals surface area (Å²) in [6, 6.07) is 2.35. The molecule has 2 N–H and O–H groups in total. The Kier molecular flexibility index (Phi) is 4.14. The van der Waals surface area contributed by atoms with Gasteiger partial charge in [0.2, 0.25) is 0 Å². The summed E-state index contributed by atoms with van der Waals surface area (Å²) in [4.78, 5) is 32.3. The predicted octanol–water partition coefficient (Wildman–Crippen LogP) is 3.74. The van der Waals surface area contributed by atoms with E-state index in [9.17, 15) is 22.8 Å². The highest BCUT2D eigenvalue weighted by atomic mass is 35.5. The first-order valence-electron chi connectivity index (χ1n) is 8.28. The van der Waals surface area contributed by atoms with Crippen LogP contribution < -0.4 is 11.0 Å². The van der Waals surface area contributed by atoms with E-state index in [0.29, 0.717) is 6.42 Å². The van der Waals surface area contributed by atoms with Gasteiger partial charge in [-0.1, -0.05) is 11.6 Å². The molecule has 0 aliphatic carbocycles. The lowest BCUT2D eigenvalue weighted by atomic mass is 10.00. The van der Waals surface area contributed by atoms with Gasteiger partial charge in [-0.15, -0.1) is 0 Å². The largest absolute Gasteiger partial charge is 0.417 e. The van der Waals surface area contributed by atoms with Gasteiger partial charge in [0.1, 0.15) is 0 Å². The number of carbonyl (C=O) groups is 1. The average molecular weight is 399 g/mol. The van der Waals surface area contributed by atoms with Gasteiger partial charge in [0.05, 0.1) is 16.6 Å². The number of nitrogens with one attached hydrogen (secondary N) is 2. The molecule has 1 saturated heterocycles. The normalized spacial score (nSPS) is 21.1. The quantitative estimate of drug-likeness (QED) is 0.768. The van der Waals surface area contributed by atoms with Crippen molar-refractivity contribution in [3.05, 3.63) is 56.7 Å². The average Bonchev–Trinajstić information content (AvgIpc) is 2.89. The smallest absolute Gasteiger partial charge is 0.314 e. The number of aromatic amines is 1. The van der Waals surface area contributed by atoms with Gasteiger partial charge >= 0.3 is 17.9 Å². The van der Waals surface area contributed by atoms with Gasteiger partial charge < -0.3 is 15.2 Å². The molecule has 142 valence electrons. The van der Waals surface area contributed by atoms with Crippen LogP contribution in [0.1, 0.15) is 35.7 Å². The van der Waals surface area contributed by atoms with Crippen molar-refractivity contribution in [2.45, 2.75) is 37.5 Å². The Morgan fingerprint density at radius 2 is 2.11 bits per heavy atom. The van der Waals surface area contributed by atoms with Crippen LogP contribution in [0.5, 0.6) is 0 Å². The number of hydrogen-bond acceptors (Lipinski definition) is 3. The Labute approximate surface area is 156 Å². The van der Waals surface area contributed by atoms with Crippen LogP contribution >= 0.6 is 11.6 Å². The Hall–Kier alpha value is -2.55. The number of fused-ring (bicyclic) bond motifs is 4. The number of halogens is 4. The minimum Gasteiger partial charge on any atom is -0.314 e. The molecule has 2 bridgehead atoms. The zero-order valence-corrected chi connectivity index (χ0v) is 14.6. The van der Waals surface area contributed by atoms with E-state index in [0.717, 1.165) is 36.2 Å². The maximum Gasteiger partial charge on any atom is 0.417 e. The van der Waals surface area contributed by atoms with Crippen LogP contribution in [0.2, 0.25) is 5.02 Å². The van der Waals surface area contributed by atoms with Crippen LogP contribution in [-0.4, -0.2) is 26.9 Å². The first kappa shape index (κ1) is 17.8. The minimum atomic E-state index is -4.56. The molecule has 0 radical (unpaired) electrons. The molecule has 0 saturated carbocycles. The van der Waals surface area contributed by atoms with Crippen LogP contribution in [0.4, 0.5) is 23.7 Å². The molecule has 10 heteroatoms. The summed E-state index contributed by atoms with van der Waals surface area (Å²) in [6.07, 6.45) is -1.07. The van der Waals surface area contributed by atoms with Gasteiger partial charge in [-0.3, -0.25) is 0 Å². The van der Waals surface area contributed by atoms with Crippen LogP contribution in [0.3, 0.4) is 0 Å². The number of H-pyrrole nitrogens is 1. The summed E-state index contributed by atoms with van der Waals surface area (Å²) < 4.78 is 38.4. The predicted molar refractivity (Wildman–Crippen MR) is 91.6 cm³/mol. The lowest BCUT2D eigenvalue weighted by Crippen LogP contribution is -2.45. The van der Waals surface area contributed by atoms with Gasteiger partial charge in [-0.2, -0.15) is 13.2 Å². The second kappa shape index (κ2) is 6.26. The Morgan fingerprint density at radius 1 is 1.33 bits per heavy atom. The molecule has 2 unspecified atom stereocenters. The van der Waals surface area contributed by atoms with Gasteiger partial charge in [-0.25, -0.2) is 14.6 Å². The number of alkyl halides is 3. The van der Waals surface area contributed by atoms with E-state index in [1.165, 1.54) is 12.3 Å². The number of aromatic nitrogens is 2. The molecule has 1 fully saturated rings. The summed E-state index contributed by atoms with van der Waals surface area (Å²) in [5.74, 6) is 0. The van der Waals surface area contributed by atoms with E-state index in [-0.39, 0.29) is 17.8 Å². The van der Waals surface area contributed by atoms with Crippen molar-refractivity contribution in [1.82, 2.24) is 14.9 Å². The van der Waals surface area contributed by atoms with Gasteiger partial charge in [0.15, 0.2) is 0 Å². The van der Waals surface area contributed by atoms with Crippen molar-refractivity contribution in [3.63, 3.8) is 0 Å². The molecule has 1 aromatic carbocycles. The van der Waals surface area contributed by atoms with Gasteiger partial charge in [-0.05, 0) is 31.0 Å². The highest BCUT2D eigenvalue weighted by molar-refractivity contribution is 6.31. The molecular formula is C17H14ClF3N4O2. The SMILES string of the molecule is O=C(Nc1ccc(C(F)(F)F)c(Cl)c1)N1C2CCC1c1cnc(=O)[nH]c1C2.